The van der Waals surface area contributed by atoms with E-state index in [9.17, 15) is 13.6 Å². The number of aryl methyl sites for hydroxylation is 1. The van der Waals surface area contributed by atoms with Crippen LogP contribution in [0.4, 0.5) is 8.78 Å². The number of aromatic nitrogens is 2. The van der Waals surface area contributed by atoms with Crippen LogP contribution in [-0.4, -0.2) is 71.0 Å². The second-order valence-corrected chi connectivity index (χ2v) is 8.88. The molecule has 3 fully saturated rings. The monoisotopic (exact) mass is 408 g/mol. The van der Waals surface area contributed by atoms with E-state index in [1.807, 2.05) is 6.92 Å². The predicted molar refractivity (Wildman–Crippen MR) is 103 cm³/mol. The topological polar surface area (TPSA) is 58.6 Å². The summed E-state index contributed by atoms with van der Waals surface area (Å²) in [6.07, 6.45) is 5.18. The minimum Gasteiger partial charge on any atom is -0.381 e. The molecule has 1 amide bonds. The molecule has 6 nitrogen and oxygen atoms in total. The molecule has 0 radical (unpaired) electrons. The third kappa shape index (κ3) is 4.58. The molecular formula is C21H30F2N4O2. The lowest BCUT2D eigenvalue weighted by atomic mass is 9.71. The maximum Gasteiger partial charge on any atom is 0.249 e. The Kier molecular flexibility index (Phi) is 5.84. The third-order valence-electron chi connectivity index (χ3n) is 6.73. The lowest BCUT2D eigenvalue weighted by Crippen LogP contribution is -2.46. The zero-order valence-corrected chi connectivity index (χ0v) is 17.1. The summed E-state index contributed by atoms with van der Waals surface area (Å²) in [6.45, 7) is 5.91. The van der Waals surface area contributed by atoms with Gasteiger partial charge in [-0.25, -0.2) is 8.78 Å². The summed E-state index contributed by atoms with van der Waals surface area (Å²) in [7, 11) is 0. The number of hydrogen-bond donors (Lipinski definition) is 0. The van der Waals surface area contributed by atoms with Gasteiger partial charge >= 0.3 is 0 Å². The molecule has 1 unspecified atom stereocenters. The van der Waals surface area contributed by atoms with Crippen LogP contribution in [0.25, 0.3) is 0 Å². The fourth-order valence-corrected chi connectivity index (χ4v) is 5.14. The van der Waals surface area contributed by atoms with Crippen molar-refractivity contribution in [2.45, 2.75) is 51.5 Å². The Morgan fingerprint density at radius 1 is 1.21 bits per heavy atom. The van der Waals surface area contributed by atoms with Crippen LogP contribution < -0.4 is 0 Å². The van der Waals surface area contributed by atoms with Crippen molar-refractivity contribution in [3.63, 3.8) is 0 Å². The molecule has 29 heavy (non-hydrogen) atoms. The molecule has 3 aliphatic heterocycles. The van der Waals surface area contributed by atoms with E-state index < -0.39 is 5.92 Å². The Labute approximate surface area is 170 Å². The second kappa shape index (κ2) is 8.22. The first-order valence-electron chi connectivity index (χ1n) is 10.6. The van der Waals surface area contributed by atoms with E-state index in [1.54, 1.807) is 17.3 Å². The maximum absolute atomic E-state index is 13.8. The highest BCUT2D eigenvalue weighted by molar-refractivity contribution is 5.80. The molecule has 4 rings (SSSR count). The van der Waals surface area contributed by atoms with Gasteiger partial charge in [0.1, 0.15) is 0 Å². The van der Waals surface area contributed by atoms with Crippen molar-refractivity contribution >= 4 is 5.91 Å². The number of amides is 1. The summed E-state index contributed by atoms with van der Waals surface area (Å²) in [5.74, 6) is -2.78. The summed E-state index contributed by atoms with van der Waals surface area (Å²) in [6, 6.07) is 0. The molecule has 3 saturated heterocycles. The highest BCUT2D eigenvalue weighted by atomic mass is 19.3. The molecule has 3 aliphatic rings. The summed E-state index contributed by atoms with van der Waals surface area (Å²) >= 11 is 0. The van der Waals surface area contributed by atoms with Crippen LogP contribution >= 0.6 is 0 Å². The van der Waals surface area contributed by atoms with Crippen molar-refractivity contribution in [1.82, 2.24) is 19.8 Å². The van der Waals surface area contributed by atoms with Gasteiger partial charge in [-0.2, -0.15) is 0 Å². The van der Waals surface area contributed by atoms with Gasteiger partial charge in [-0.1, -0.05) is 0 Å². The molecule has 0 aromatic carbocycles. The van der Waals surface area contributed by atoms with Gasteiger partial charge in [0.15, 0.2) is 0 Å². The van der Waals surface area contributed by atoms with Gasteiger partial charge in [-0.15, -0.1) is 0 Å². The van der Waals surface area contributed by atoms with Crippen LogP contribution in [0.15, 0.2) is 12.4 Å². The molecule has 1 aromatic rings. The van der Waals surface area contributed by atoms with Crippen molar-refractivity contribution < 1.29 is 18.3 Å². The molecule has 1 atom stereocenters. The molecule has 4 heterocycles. The van der Waals surface area contributed by atoms with Crippen LogP contribution in [0.3, 0.4) is 0 Å². The predicted octanol–water partition coefficient (Wildman–Crippen LogP) is 2.66. The zero-order chi connectivity index (χ0) is 20.5. The van der Waals surface area contributed by atoms with Gasteiger partial charge in [0, 0.05) is 76.6 Å². The van der Waals surface area contributed by atoms with E-state index in [2.05, 4.69) is 14.9 Å². The fraction of sp³-hybridized carbons (Fsp3) is 0.762. The minimum absolute atomic E-state index is 0.0439. The number of carbonyl (C=O) groups excluding carboxylic acids is 1. The average molecular weight is 408 g/mol. The Balaban J connectivity index is 1.51. The van der Waals surface area contributed by atoms with Gasteiger partial charge in [0.05, 0.1) is 17.3 Å². The average Bonchev–Trinajstić information content (AvgIpc) is 2.89. The van der Waals surface area contributed by atoms with Gasteiger partial charge in [-0.3, -0.25) is 19.7 Å². The summed E-state index contributed by atoms with van der Waals surface area (Å²) in [4.78, 5) is 26.2. The van der Waals surface area contributed by atoms with Gasteiger partial charge in [0.2, 0.25) is 11.8 Å². The molecule has 1 aromatic heterocycles. The SMILES string of the molecule is Cc1cncc(CN2CC(C(=O)N3CCCC(F)(F)CC3)C3(CCOCC3)C2)n1. The number of likely N-dealkylation sites (tertiary alicyclic amines) is 2. The quantitative estimate of drug-likeness (QED) is 0.770. The van der Waals surface area contributed by atoms with E-state index in [4.69, 9.17) is 4.74 Å². The molecular weight excluding hydrogens is 378 g/mol. The summed E-state index contributed by atoms with van der Waals surface area (Å²) < 4.78 is 33.2. The van der Waals surface area contributed by atoms with Crippen molar-refractivity contribution in [3.05, 3.63) is 23.8 Å². The number of hydrogen-bond acceptors (Lipinski definition) is 5. The van der Waals surface area contributed by atoms with Gasteiger partial charge in [-0.05, 0) is 26.2 Å². The van der Waals surface area contributed by atoms with Gasteiger partial charge in [0.25, 0.3) is 0 Å². The maximum atomic E-state index is 13.8. The number of carbonyl (C=O) groups is 1. The van der Waals surface area contributed by atoms with E-state index in [0.29, 0.717) is 39.3 Å². The largest absolute Gasteiger partial charge is 0.381 e. The van der Waals surface area contributed by atoms with E-state index in [-0.39, 0.29) is 36.6 Å². The molecule has 1 spiro atoms. The first-order valence-corrected chi connectivity index (χ1v) is 10.6. The molecule has 0 aliphatic carbocycles. The second-order valence-electron chi connectivity index (χ2n) is 8.88. The highest BCUT2D eigenvalue weighted by Gasteiger charge is 2.51. The number of alkyl halides is 2. The van der Waals surface area contributed by atoms with Gasteiger partial charge < -0.3 is 9.64 Å². The fourth-order valence-electron chi connectivity index (χ4n) is 5.14. The minimum atomic E-state index is -2.66. The number of halogens is 2. The lowest BCUT2D eigenvalue weighted by molar-refractivity contribution is -0.140. The molecule has 0 N–H and O–H groups in total. The third-order valence-corrected chi connectivity index (χ3v) is 6.73. The zero-order valence-electron chi connectivity index (χ0n) is 17.1. The normalized spacial score (nSPS) is 27.1. The summed E-state index contributed by atoms with van der Waals surface area (Å²) in [5.41, 5.74) is 1.64. The van der Waals surface area contributed by atoms with Crippen molar-refractivity contribution in [2.24, 2.45) is 11.3 Å². The van der Waals surface area contributed by atoms with Crippen LogP contribution in [0.5, 0.6) is 0 Å². The smallest absolute Gasteiger partial charge is 0.249 e. The molecule has 0 bridgehead atoms. The highest BCUT2D eigenvalue weighted by Crippen LogP contribution is 2.45. The first-order chi connectivity index (χ1) is 13.9. The summed E-state index contributed by atoms with van der Waals surface area (Å²) in [5, 5.41) is 0. The van der Waals surface area contributed by atoms with Crippen LogP contribution in [0.1, 0.15) is 43.5 Å². The Hall–Kier alpha value is -1.67. The van der Waals surface area contributed by atoms with E-state index >= 15 is 0 Å². The lowest BCUT2D eigenvalue weighted by Gasteiger charge is -2.39. The van der Waals surface area contributed by atoms with Crippen molar-refractivity contribution in [3.8, 4) is 0 Å². The van der Waals surface area contributed by atoms with E-state index in [0.717, 1.165) is 30.8 Å². The Morgan fingerprint density at radius 2 is 2.00 bits per heavy atom. The molecule has 8 heteroatoms. The number of rotatable bonds is 3. The van der Waals surface area contributed by atoms with Crippen LogP contribution in [-0.2, 0) is 16.1 Å². The molecule has 0 saturated carbocycles. The van der Waals surface area contributed by atoms with Crippen LogP contribution in [0, 0.1) is 18.3 Å². The first kappa shape index (κ1) is 20.6. The number of ether oxygens (including phenoxy) is 1. The number of nitrogens with zero attached hydrogens (tertiary/aromatic N) is 4. The van der Waals surface area contributed by atoms with Crippen molar-refractivity contribution in [2.75, 3.05) is 39.4 Å². The van der Waals surface area contributed by atoms with E-state index in [1.165, 1.54) is 0 Å². The Bertz CT molecular complexity index is 739. The van der Waals surface area contributed by atoms with Crippen molar-refractivity contribution in [1.29, 1.82) is 0 Å². The Morgan fingerprint density at radius 3 is 2.76 bits per heavy atom. The molecule has 160 valence electrons. The standard InChI is InChI=1S/C21H30F2N4O2/c1-16-11-24-12-17(25-16)13-26-14-18(20(15-26)5-9-29-10-6-20)19(28)27-7-2-3-21(22,23)4-8-27/h11-12,18H,2-10,13-15H2,1H3. The van der Waals surface area contributed by atoms with Crippen LogP contribution in [0.2, 0.25) is 0 Å².